The molecule has 1 N–H and O–H groups in total. The van der Waals surface area contributed by atoms with Crippen LogP contribution in [0.25, 0.3) is 0 Å². The predicted octanol–water partition coefficient (Wildman–Crippen LogP) is 1.15. The molecule has 0 atom stereocenters. The molecule has 0 bridgehead atoms. The van der Waals surface area contributed by atoms with Crippen molar-refractivity contribution in [2.45, 2.75) is 38.5 Å². The summed E-state index contributed by atoms with van der Waals surface area (Å²) in [5.74, 6) is 0. The van der Waals surface area contributed by atoms with Crippen molar-refractivity contribution in [1.82, 2.24) is 15.1 Å². The van der Waals surface area contributed by atoms with Gasteiger partial charge >= 0.3 is 0 Å². The summed E-state index contributed by atoms with van der Waals surface area (Å²) in [5, 5.41) is 7.95. The Morgan fingerprint density at radius 1 is 1.53 bits per heavy atom. The first-order chi connectivity index (χ1) is 7.19. The fourth-order valence-electron chi connectivity index (χ4n) is 2.49. The third-order valence-electron chi connectivity index (χ3n) is 3.59. The van der Waals surface area contributed by atoms with Gasteiger partial charge in [-0.15, -0.1) is 0 Å². The third-order valence-corrected chi connectivity index (χ3v) is 3.59. The minimum Gasteiger partial charge on any atom is -0.359 e. The van der Waals surface area contributed by atoms with Gasteiger partial charge in [0.15, 0.2) is 0 Å². The third kappa shape index (κ3) is 1.40. The monoisotopic (exact) mass is 207 g/mol. The topological polar surface area (TPSA) is 39.1 Å². The van der Waals surface area contributed by atoms with Gasteiger partial charge in [0, 0.05) is 25.6 Å². The zero-order chi connectivity index (χ0) is 10.5. The molecule has 4 heteroatoms. The number of rotatable bonds is 1. The Morgan fingerprint density at radius 3 is 2.87 bits per heavy atom. The van der Waals surface area contributed by atoms with Gasteiger partial charge in [0.25, 0.3) is 0 Å². The molecule has 1 saturated carbocycles. The number of aryl methyl sites for hydroxylation is 2. The molecule has 4 nitrogen and oxygen atoms in total. The van der Waals surface area contributed by atoms with Gasteiger partial charge in [0.1, 0.15) is 5.72 Å². The van der Waals surface area contributed by atoms with E-state index in [0.29, 0.717) is 6.04 Å². The summed E-state index contributed by atoms with van der Waals surface area (Å²) in [5.41, 5.74) is 2.39. The minimum absolute atomic E-state index is 0.0155. The maximum absolute atomic E-state index is 5.71. The molecule has 2 aliphatic rings. The summed E-state index contributed by atoms with van der Waals surface area (Å²) in [6.07, 6.45) is 4.24. The molecule has 2 heterocycles. The van der Waals surface area contributed by atoms with Crippen LogP contribution >= 0.6 is 0 Å². The summed E-state index contributed by atoms with van der Waals surface area (Å²) in [7, 11) is 0. The minimum atomic E-state index is -0.0155. The molecule has 0 aromatic carbocycles. The molecule has 0 amide bonds. The lowest BCUT2D eigenvalue weighted by atomic mass is 9.83. The number of nitrogens with one attached hydrogen (secondary N) is 1. The number of ether oxygens (including phenoxy) is 1. The Bertz CT molecular complexity index is 352. The summed E-state index contributed by atoms with van der Waals surface area (Å²) in [4.78, 5) is 0. The Kier molecular flexibility index (Phi) is 1.91. The van der Waals surface area contributed by atoms with Crippen LogP contribution in [0.2, 0.25) is 0 Å². The van der Waals surface area contributed by atoms with Crippen LogP contribution in [0.1, 0.15) is 30.1 Å². The van der Waals surface area contributed by atoms with Crippen molar-refractivity contribution in [1.29, 1.82) is 0 Å². The average Bonchev–Trinajstić information content (AvgIpc) is 2.71. The van der Waals surface area contributed by atoms with Crippen LogP contribution in [0.15, 0.2) is 6.20 Å². The molecule has 1 spiro atoms. The normalized spacial score (nSPS) is 34.7. The molecule has 0 radical (unpaired) electrons. The molecule has 15 heavy (non-hydrogen) atoms. The van der Waals surface area contributed by atoms with Crippen LogP contribution in [0, 0.1) is 13.8 Å². The van der Waals surface area contributed by atoms with E-state index in [1.807, 2.05) is 0 Å². The summed E-state index contributed by atoms with van der Waals surface area (Å²) in [6, 6.07) is 0.517. The van der Waals surface area contributed by atoms with E-state index in [2.05, 4.69) is 35.1 Å². The van der Waals surface area contributed by atoms with E-state index in [9.17, 15) is 0 Å². The molecule has 1 saturated heterocycles. The van der Waals surface area contributed by atoms with Gasteiger partial charge in [-0.2, -0.15) is 5.10 Å². The Balaban J connectivity index is 1.71. The first kappa shape index (κ1) is 9.36. The molecule has 1 aromatic heterocycles. The van der Waals surface area contributed by atoms with Crippen LogP contribution in [-0.2, 0) is 4.74 Å². The Labute approximate surface area is 89.6 Å². The van der Waals surface area contributed by atoms with Crippen molar-refractivity contribution in [3.63, 3.8) is 0 Å². The van der Waals surface area contributed by atoms with Gasteiger partial charge in [0.05, 0.1) is 18.3 Å². The second-order valence-corrected chi connectivity index (χ2v) is 4.71. The van der Waals surface area contributed by atoms with E-state index < -0.39 is 0 Å². The molecular weight excluding hydrogens is 190 g/mol. The smallest absolute Gasteiger partial charge is 0.123 e. The first-order valence-electron chi connectivity index (χ1n) is 5.60. The van der Waals surface area contributed by atoms with Crippen molar-refractivity contribution in [3.8, 4) is 0 Å². The van der Waals surface area contributed by atoms with Crippen molar-refractivity contribution in [2.24, 2.45) is 0 Å². The fraction of sp³-hybridized carbons (Fsp3) is 0.727. The van der Waals surface area contributed by atoms with E-state index >= 15 is 0 Å². The van der Waals surface area contributed by atoms with Gasteiger partial charge in [-0.05, 0) is 19.4 Å². The molecule has 0 unspecified atom stereocenters. The number of hydrogen-bond donors (Lipinski definition) is 1. The van der Waals surface area contributed by atoms with E-state index in [1.165, 1.54) is 5.56 Å². The second-order valence-electron chi connectivity index (χ2n) is 4.71. The molecule has 82 valence electrons. The van der Waals surface area contributed by atoms with Crippen molar-refractivity contribution in [3.05, 3.63) is 17.5 Å². The first-order valence-corrected chi connectivity index (χ1v) is 5.60. The van der Waals surface area contributed by atoms with E-state index in [-0.39, 0.29) is 5.72 Å². The summed E-state index contributed by atoms with van der Waals surface area (Å²) >= 11 is 0. The Hall–Kier alpha value is -0.870. The standard InChI is InChI=1S/C11H17N3O/c1-8-7-14(13-9(8)2)10-5-11(6-10)12-3-4-15-11/h7,10,12H,3-6H2,1-2H3. The van der Waals surface area contributed by atoms with Crippen LogP contribution in [0.3, 0.4) is 0 Å². The maximum Gasteiger partial charge on any atom is 0.123 e. The van der Waals surface area contributed by atoms with E-state index in [0.717, 1.165) is 31.7 Å². The van der Waals surface area contributed by atoms with Crippen molar-refractivity contribution < 1.29 is 4.74 Å². The van der Waals surface area contributed by atoms with Gasteiger partial charge in [-0.1, -0.05) is 0 Å². The maximum atomic E-state index is 5.71. The van der Waals surface area contributed by atoms with Gasteiger partial charge in [-0.25, -0.2) is 0 Å². The van der Waals surface area contributed by atoms with Crippen molar-refractivity contribution in [2.75, 3.05) is 13.2 Å². The quantitative estimate of drug-likeness (QED) is 0.751. The lowest BCUT2D eigenvalue weighted by molar-refractivity contribution is -0.102. The van der Waals surface area contributed by atoms with E-state index in [1.54, 1.807) is 0 Å². The largest absolute Gasteiger partial charge is 0.359 e. The Morgan fingerprint density at radius 2 is 2.33 bits per heavy atom. The lowest BCUT2D eigenvalue weighted by Crippen LogP contribution is -2.53. The predicted molar refractivity (Wildman–Crippen MR) is 56.7 cm³/mol. The summed E-state index contributed by atoms with van der Waals surface area (Å²) in [6.45, 7) is 6.01. The molecule has 1 aromatic rings. The van der Waals surface area contributed by atoms with Crippen LogP contribution in [0.5, 0.6) is 0 Å². The number of nitrogens with zero attached hydrogens (tertiary/aromatic N) is 2. The molecule has 3 rings (SSSR count). The molecular formula is C11H17N3O. The van der Waals surface area contributed by atoms with Gasteiger partial charge < -0.3 is 4.74 Å². The SMILES string of the molecule is Cc1cn(C2CC3(C2)NCCO3)nc1C. The zero-order valence-electron chi connectivity index (χ0n) is 9.29. The highest BCUT2D eigenvalue weighted by Gasteiger charge is 2.48. The number of aromatic nitrogens is 2. The second kappa shape index (κ2) is 3.06. The van der Waals surface area contributed by atoms with Gasteiger partial charge in [0.2, 0.25) is 0 Å². The molecule has 2 fully saturated rings. The van der Waals surface area contributed by atoms with Crippen molar-refractivity contribution >= 4 is 0 Å². The highest BCUT2D eigenvalue weighted by Crippen LogP contribution is 2.43. The fourth-order valence-corrected chi connectivity index (χ4v) is 2.49. The molecule has 1 aliphatic carbocycles. The molecule has 1 aliphatic heterocycles. The van der Waals surface area contributed by atoms with Gasteiger partial charge in [-0.3, -0.25) is 10.00 Å². The number of hydrogen-bond acceptors (Lipinski definition) is 3. The highest BCUT2D eigenvalue weighted by molar-refractivity contribution is 5.14. The lowest BCUT2D eigenvalue weighted by Gasteiger charge is -2.43. The average molecular weight is 207 g/mol. The van der Waals surface area contributed by atoms with E-state index in [4.69, 9.17) is 4.74 Å². The van der Waals surface area contributed by atoms with Crippen LogP contribution < -0.4 is 5.32 Å². The van der Waals surface area contributed by atoms with Crippen LogP contribution in [-0.4, -0.2) is 28.7 Å². The highest BCUT2D eigenvalue weighted by atomic mass is 16.5. The summed E-state index contributed by atoms with van der Waals surface area (Å²) < 4.78 is 7.81. The van der Waals surface area contributed by atoms with Crippen LogP contribution in [0.4, 0.5) is 0 Å². The zero-order valence-corrected chi connectivity index (χ0v) is 9.29.